The van der Waals surface area contributed by atoms with E-state index in [4.69, 9.17) is 22.1 Å². The number of halogens is 3. The summed E-state index contributed by atoms with van der Waals surface area (Å²) in [6, 6.07) is 1.69. The third kappa shape index (κ3) is 1.70. The number of anilines is 1. The molecule has 0 saturated heterocycles. The van der Waals surface area contributed by atoms with Gasteiger partial charge in [0.05, 0.1) is 26.8 Å². The first-order valence-corrected chi connectivity index (χ1v) is 5.01. The number of nitrogen functional groups attached to an aromatic ring is 1. The maximum Gasteiger partial charge on any atom is 0.149 e. The number of nitrogens with two attached hydrogens (primary N) is 1. The zero-order valence-corrected chi connectivity index (χ0v) is 10.1. The number of hydrogen-bond acceptors (Lipinski definition) is 2. The zero-order chi connectivity index (χ0) is 9.30. The van der Waals surface area contributed by atoms with Crippen molar-refractivity contribution in [2.24, 2.45) is 0 Å². The molecule has 0 fully saturated rings. The molecule has 66 valence electrons. The lowest BCUT2D eigenvalue weighted by Crippen LogP contribution is -1.93. The fourth-order valence-electron chi connectivity index (χ4n) is 0.774. The van der Waals surface area contributed by atoms with Crippen LogP contribution in [0.15, 0.2) is 15.0 Å². The lowest BCUT2D eigenvalue weighted by atomic mass is 10.3. The Morgan fingerprint density at radius 2 is 2.08 bits per heavy atom. The Bertz CT molecular complexity index is 317. The maximum absolute atomic E-state index is 5.81. The number of hydrogen-bond donors (Lipinski definition) is 1. The Kier molecular flexibility index (Phi) is 3.26. The van der Waals surface area contributed by atoms with Crippen LogP contribution in [0.25, 0.3) is 0 Å². The average Bonchev–Trinajstić information content (AvgIpc) is 2.01. The molecule has 0 saturated carbocycles. The Morgan fingerprint density at radius 1 is 1.50 bits per heavy atom. The van der Waals surface area contributed by atoms with E-state index in [1.165, 1.54) is 0 Å². The van der Waals surface area contributed by atoms with Gasteiger partial charge in [0.1, 0.15) is 5.75 Å². The van der Waals surface area contributed by atoms with Crippen LogP contribution < -0.4 is 10.5 Å². The monoisotopic (exact) mass is 313 g/mol. The molecule has 1 aromatic rings. The van der Waals surface area contributed by atoms with Crippen molar-refractivity contribution in [3.8, 4) is 5.75 Å². The molecule has 0 radical (unpaired) electrons. The smallest absolute Gasteiger partial charge is 0.149 e. The van der Waals surface area contributed by atoms with Crippen LogP contribution in [-0.4, -0.2) is 7.11 Å². The van der Waals surface area contributed by atoms with Gasteiger partial charge in [0, 0.05) is 0 Å². The van der Waals surface area contributed by atoms with E-state index in [1.807, 2.05) is 0 Å². The van der Waals surface area contributed by atoms with Crippen molar-refractivity contribution in [2.75, 3.05) is 12.8 Å². The van der Waals surface area contributed by atoms with Gasteiger partial charge in [0.15, 0.2) is 0 Å². The molecule has 0 aliphatic carbocycles. The van der Waals surface area contributed by atoms with Crippen LogP contribution in [0, 0.1) is 0 Å². The van der Waals surface area contributed by atoms with Crippen molar-refractivity contribution in [3.63, 3.8) is 0 Å². The highest BCUT2D eigenvalue weighted by molar-refractivity contribution is 9.11. The Labute approximate surface area is 92.3 Å². The highest BCUT2D eigenvalue weighted by Crippen LogP contribution is 2.41. The van der Waals surface area contributed by atoms with Crippen molar-refractivity contribution >= 4 is 49.1 Å². The van der Waals surface area contributed by atoms with Crippen molar-refractivity contribution in [1.82, 2.24) is 0 Å². The van der Waals surface area contributed by atoms with Crippen LogP contribution in [0.5, 0.6) is 5.75 Å². The lowest BCUT2D eigenvalue weighted by molar-refractivity contribution is 0.410. The van der Waals surface area contributed by atoms with Crippen molar-refractivity contribution in [3.05, 3.63) is 20.0 Å². The summed E-state index contributed by atoms with van der Waals surface area (Å²) in [4.78, 5) is 0. The zero-order valence-electron chi connectivity index (χ0n) is 6.20. The summed E-state index contributed by atoms with van der Waals surface area (Å²) in [5.74, 6) is 0.650. The fourth-order valence-corrected chi connectivity index (χ4v) is 2.67. The minimum atomic E-state index is 0.483. The van der Waals surface area contributed by atoms with Gasteiger partial charge in [0.25, 0.3) is 0 Å². The van der Waals surface area contributed by atoms with E-state index in [0.717, 1.165) is 4.47 Å². The van der Waals surface area contributed by atoms with Crippen molar-refractivity contribution < 1.29 is 4.74 Å². The molecule has 0 aliphatic rings. The van der Waals surface area contributed by atoms with Crippen molar-refractivity contribution in [1.29, 1.82) is 0 Å². The number of rotatable bonds is 1. The van der Waals surface area contributed by atoms with Gasteiger partial charge in [-0.1, -0.05) is 11.6 Å². The van der Waals surface area contributed by atoms with Gasteiger partial charge in [-0.25, -0.2) is 0 Å². The Balaban J connectivity index is 3.40. The van der Waals surface area contributed by atoms with Crippen LogP contribution >= 0.6 is 43.5 Å². The molecule has 12 heavy (non-hydrogen) atoms. The molecule has 5 heteroatoms. The highest BCUT2D eigenvalue weighted by atomic mass is 79.9. The average molecular weight is 315 g/mol. The van der Waals surface area contributed by atoms with Gasteiger partial charge in [-0.2, -0.15) is 0 Å². The van der Waals surface area contributed by atoms with E-state index in [1.54, 1.807) is 13.2 Å². The highest BCUT2D eigenvalue weighted by Gasteiger charge is 2.11. The fraction of sp³-hybridized carbons (Fsp3) is 0.143. The minimum absolute atomic E-state index is 0.483. The van der Waals surface area contributed by atoms with E-state index in [0.29, 0.717) is 20.9 Å². The van der Waals surface area contributed by atoms with E-state index < -0.39 is 0 Å². The minimum Gasteiger partial charge on any atom is -0.494 e. The topological polar surface area (TPSA) is 35.2 Å². The maximum atomic E-state index is 5.81. The second kappa shape index (κ2) is 3.85. The molecule has 2 N–H and O–H groups in total. The standard InChI is InChI=1S/C7H6Br2ClNO/c1-12-7-3(8)2-4(10)6(11)5(7)9/h2H,11H2,1H3. The molecule has 1 rings (SSSR count). The summed E-state index contributed by atoms with van der Waals surface area (Å²) < 4.78 is 6.52. The Hall–Kier alpha value is 0.0700. The molecule has 0 heterocycles. The molecule has 0 spiro atoms. The molecule has 0 bridgehead atoms. The SMILES string of the molecule is COc1c(Br)cc(Cl)c(N)c1Br. The first-order chi connectivity index (χ1) is 5.57. The van der Waals surface area contributed by atoms with Gasteiger partial charge in [-0.15, -0.1) is 0 Å². The number of ether oxygens (including phenoxy) is 1. The lowest BCUT2D eigenvalue weighted by Gasteiger charge is -2.09. The third-order valence-electron chi connectivity index (χ3n) is 1.37. The van der Waals surface area contributed by atoms with Crippen LogP contribution in [0.3, 0.4) is 0 Å². The summed E-state index contributed by atoms with van der Waals surface area (Å²) in [6.45, 7) is 0. The quantitative estimate of drug-likeness (QED) is 0.806. The van der Waals surface area contributed by atoms with Crippen LogP contribution in [0.4, 0.5) is 5.69 Å². The van der Waals surface area contributed by atoms with Gasteiger partial charge in [-0.3, -0.25) is 0 Å². The van der Waals surface area contributed by atoms with E-state index >= 15 is 0 Å². The summed E-state index contributed by atoms with van der Waals surface area (Å²) in [7, 11) is 1.57. The van der Waals surface area contributed by atoms with E-state index in [-0.39, 0.29) is 0 Å². The summed E-state index contributed by atoms with van der Waals surface area (Å²) in [5, 5.41) is 0.495. The van der Waals surface area contributed by atoms with Crippen LogP contribution in [0.1, 0.15) is 0 Å². The molecule has 0 aromatic heterocycles. The predicted molar refractivity (Wildman–Crippen MR) is 57.8 cm³/mol. The second-order valence-electron chi connectivity index (χ2n) is 2.10. The van der Waals surface area contributed by atoms with Gasteiger partial charge < -0.3 is 10.5 Å². The van der Waals surface area contributed by atoms with E-state index in [2.05, 4.69) is 31.9 Å². The number of methoxy groups -OCH3 is 1. The van der Waals surface area contributed by atoms with Crippen LogP contribution in [-0.2, 0) is 0 Å². The second-order valence-corrected chi connectivity index (χ2v) is 4.16. The largest absolute Gasteiger partial charge is 0.494 e. The van der Waals surface area contributed by atoms with Gasteiger partial charge in [0.2, 0.25) is 0 Å². The molecule has 0 amide bonds. The molecule has 0 atom stereocenters. The Morgan fingerprint density at radius 3 is 2.58 bits per heavy atom. The molecule has 2 nitrogen and oxygen atoms in total. The molecule has 1 aromatic carbocycles. The third-order valence-corrected chi connectivity index (χ3v) is 3.06. The van der Waals surface area contributed by atoms with E-state index in [9.17, 15) is 0 Å². The first-order valence-electron chi connectivity index (χ1n) is 3.05. The van der Waals surface area contributed by atoms with Gasteiger partial charge >= 0.3 is 0 Å². The summed E-state index contributed by atoms with van der Waals surface area (Å²) in [6.07, 6.45) is 0. The molecular formula is C7H6Br2ClNO. The summed E-state index contributed by atoms with van der Waals surface area (Å²) >= 11 is 12.4. The molecule has 0 unspecified atom stereocenters. The molecular weight excluding hydrogens is 309 g/mol. The number of benzene rings is 1. The van der Waals surface area contributed by atoms with Gasteiger partial charge in [-0.05, 0) is 37.9 Å². The predicted octanol–water partition coefficient (Wildman–Crippen LogP) is 3.46. The molecule has 0 aliphatic heterocycles. The van der Waals surface area contributed by atoms with Crippen molar-refractivity contribution in [2.45, 2.75) is 0 Å². The normalized spacial score (nSPS) is 10.0. The van der Waals surface area contributed by atoms with Crippen LogP contribution in [0.2, 0.25) is 5.02 Å². The first kappa shape index (κ1) is 10.2. The summed E-state index contributed by atoms with van der Waals surface area (Å²) in [5.41, 5.74) is 6.13.